The summed E-state index contributed by atoms with van der Waals surface area (Å²) < 4.78 is 4.89. The standard InChI is InChI=1S/C19H14Cl2N2O3/c1-2-26-19(25)12-4-7-16(8-5-12)23-18(24)14(11-22)9-13-3-6-15(20)10-17(13)21/h3-10H,2H2,1H3,(H,23,24). The number of halogens is 2. The van der Waals surface area contributed by atoms with E-state index >= 15 is 0 Å². The monoisotopic (exact) mass is 388 g/mol. The fraction of sp³-hybridized carbons (Fsp3) is 0.105. The van der Waals surface area contributed by atoms with Crippen molar-refractivity contribution >= 4 is 46.8 Å². The van der Waals surface area contributed by atoms with Gasteiger partial charge in [0.25, 0.3) is 5.91 Å². The molecule has 0 fully saturated rings. The summed E-state index contributed by atoms with van der Waals surface area (Å²) in [6.07, 6.45) is 1.38. The van der Waals surface area contributed by atoms with Crippen molar-refractivity contribution in [2.24, 2.45) is 0 Å². The average molecular weight is 389 g/mol. The minimum Gasteiger partial charge on any atom is -0.462 e. The number of nitriles is 1. The highest BCUT2D eigenvalue weighted by Gasteiger charge is 2.12. The number of hydrogen-bond acceptors (Lipinski definition) is 4. The summed E-state index contributed by atoms with van der Waals surface area (Å²) in [7, 11) is 0. The summed E-state index contributed by atoms with van der Waals surface area (Å²) in [4.78, 5) is 23.9. The Bertz CT molecular complexity index is 900. The van der Waals surface area contributed by atoms with E-state index in [0.29, 0.717) is 26.9 Å². The van der Waals surface area contributed by atoms with Crippen LogP contribution in [0.4, 0.5) is 5.69 Å². The molecule has 0 aliphatic carbocycles. The largest absolute Gasteiger partial charge is 0.462 e. The second kappa shape index (κ2) is 9.04. The van der Waals surface area contributed by atoms with Gasteiger partial charge in [0.2, 0.25) is 0 Å². The van der Waals surface area contributed by atoms with Crippen LogP contribution in [-0.2, 0) is 9.53 Å². The van der Waals surface area contributed by atoms with Crippen molar-refractivity contribution < 1.29 is 14.3 Å². The van der Waals surface area contributed by atoms with Gasteiger partial charge in [0, 0.05) is 15.7 Å². The molecule has 0 saturated heterocycles. The number of hydrogen-bond donors (Lipinski definition) is 1. The third-order valence-electron chi connectivity index (χ3n) is 3.28. The van der Waals surface area contributed by atoms with Crippen LogP contribution in [0.2, 0.25) is 10.0 Å². The Morgan fingerprint density at radius 2 is 1.88 bits per heavy atom. The zero-order valence-corrected chi connectivity index (χ0v) is 15.3. The van der Waals surface area contributed by atoms with Gasteiger partial charge in [-0.25, -0.2) is 4.79 Å². The zero-order valence-electron chi connectivity index (χ0n) is 13.8. The molecule has 26 heavy (non-hydrogen) atoms. The first kappa shape index (κ1) is 19.5. The molecule has 0 unspecified atom stereocenters. The SMILES string of the molecule is CCOC(=O)c1ccc(NC(=O)C(C#N)=Cc2ccc(Cl)cc2Cl)cc1. The summed E-state index contributed by atoms with van der Waals surface area (Å²) in [5.41, 5.74) is 1.18. The first-order valence-corrected chi connectivity index (χ1v) is 8.35. The summed E-state index contributed by atoms with van der Waals surface area (Å²) in [5.74, 6) is -1.04. The first-order chi connectivity index (χ1) is 12.4. The number of anilines is 1. The van der Waals surface area contributed by atoms with Crippen molar-refractivity contribution in [2.75, 3.05) is 11.9 Å². The highest BCUT2D eigenvalue weighted by atomic mass is 35.5. The third kappa shape index (κ3) is 5.09. The van der Waals surface area contributed by atoms with Gasteiger partial charge < -0.3 is 10.1 Å². The number of ether oxygens (including phenoxy) is 1. The second-order valence-electron chi connectivity index (χ2n) is 5.09. The molecular weight excluding hydrogens is 375 g/mol. The number of esters is 1. The Morgan fingerprint density at radius 3 is 2.46 bits per heavy atom. The number of carbonyl (C=O) groups is 2. The molecule has 0 saturated carbocycles. The van der Waals surface area contributed by atoms with Crippen LogP contribution in [0, 0.1) is 11.3 Å². The second-order valence-corrected chi connectivity index (χ2v) is 5.93. The Labute approximate surface area is 160 Å². The number of amides is 1. The quantitative estimate of drug-likeness (QED) is 0.456. The molecule has 132 valence electrons. The summed E-state index contributed by atoms with van der Waals surface area (Å²) >= 11 is 11.9. The fourth-order valence-electron chi connectivity index (χ4n) is 2.03. The lowest BCUT2D eigenvalue weighted by atomic mass is 10.1. The smallest absolute Gasteiger partial charge is 0.338 e. The van der Waals surface area contributed by atoms with E-state index in [1.54, 1.807) is 31.2 Å². The van der Waals surface area contributed by atoms with E-state index < -0.39 is 11.9 Å². The lowest BCUT2D eigenvalue weighted by Gasteiger charge is -2.06. The summed E-state index contributed by atoms with van der Waals surface area (Å²) in [6, 6.07) is 12.7. The van der Waals surface area contributed by atoms with Crippen LogP contribution in [0.3, 0.4) is 0 Å². The number of carbonyl (C=O) groups excluding carboxylic acids is 2. The van der Waals surface area contributed by atoms with E-state index in [4.69, 9.17) is 27.9 Å². The van der Waals surface area contributed by atoms with Gasteiger partial charge in [-0.15, -0.1) is 0 Å². The molecule has 1 N–H and O–H groups in total. The molecule has 2 aromatic rings. The Kier molecular flexibility index (Phi) is 6.79. The maximum absolute atomic E-state index is 12.3. The van der Waals surface area contributed by atoms with Gasteiger partial charge in [-0.2, -0.15) is 5.26 Å². The molecule has 0 atom stereocenters. The average Bonchev–Trinajstić information content (AvgIpc) is 2.62. The van der Waals surface area contributed by atoms with Crippen LogP contribution in [0.25, 0.3) is 6.08 Å². The van der Waals surface area contributed by atoms with Gasteiger partial charge in [0.05, 0.1) is 12.2 Å². The van der Waals surface area contributed by atoms with Crippen molar-refractivity contribution in [3.63, 3.8) is 0 Å². The third-order valence-corrected chi connectivity index (χ3v) is 3.84. The van der Waals surface area contributed by atoms with Crippen molar-refractivity contribution in [3.8, 4) is 6.07 Å². The predicted molar refractivity (Wildman–Crippen MR) is 101 cm³/mol. The summed E-state index contributed by atoms with van der Waals surface area (Å²) in [5, 5.41) is 12.6. The zero-order chi connectivity index (χ0) is 19.1. The van der Waals surface area contributed by atoms with Crippen LogP contribution >= 0.6 is 23.2 Å². The topological polar surface area (TPSA) is 79.2 Å². The Morgan fingerprint density at radius 1 is 1.19 bits per heavy atom. The molecule has 0 heterocycles. The van der Waals surface area contributed by atoms with Crippen molar-refractivity contribution in [3.05, 3.63) is 69.2 Å². The van der Waals surface area contributed by atoms with Crippen LogP contribution in [0.5, 0.6) is 0 Å². The lowest BCUT2D eigenvalue weighted by Crippen LogP contribution is -2.13. The molecule has 0 spiro atoms. The van der Waals surface area contributed by atoms with Gasteiger partial charge in [-0.1, -0.05) is 29.3 Å². The van der Waals surface area contributed by atoms with Gasteiger partial charge in [0.15, 0.2) is 0 Å². The fourth-order valence-corrected chi connectivity index (χ4v) is 2.49. The first-order valence-electron chi connectivity index (χ1n) is 7.60. The van der Waals surface area contributed by atoms with Crippen LogP contribution < -0.4 is 5.32 Å². The number of nitrogens with one attached hydrogen (secondary N) is 1. The molecule has 2 aromatic carbocycles. The van der Waals surface area contributed by atoms with E-state index in [9.17, 15) is 14.9 Å². The molecule has 0 aliphatic rings. The maximum atomic E-state index is 12.3. The van der Waals surface area contributed by atoms with Gasteiger partial charge >= 0.3 is 5.97 Å². The van der Waals surface area contributed by atoms with Crippen LogP contribution in [0.15, 0.2) is 48.0 Å². The minimum absolute atomic E-state index is 0.122. The molecule has 2 rings (SSSR count). The molecule has 5 nitrogen and oxygen atoms in total. The van der Waals surface area contributed by atoms with Crippen LogP contribution in [-0.4, -0.2) is 18.5 Å². The molecule has 0 bridgehead atoms. The minimum atomic E-state index is -0.595. The molecule has 0 radical (unpaired) electrons. The van der Waals surface area contributed by atoms with Gasteiger partial charge in [-0.05, 0) is 55.0 Å². The van der Waals surface area contributed by atoms with E-state index in [1.165, 1.54) is 24.3 Å². The van der Waals surface area contributed by atoms with E-state index in [2.05, 4.69) is 5.32 Å². The maximum Gasteiger partial charge on any atom is 0.338 e. The van der Waals surface area contributed by atoms with E-state index in [-0.39, 0.29) is 12.2 Å². The lowest BCUT2D eigenvalue weighted by molar-refractivity contribution is -0.112. The number of benzene rings is 2. The number of rotatable bonds is 5. The molecular formula is C19H14Cl2N2O3. The predicted octanol–water partition coefficient (Wildman–Crippen LogP) is 4.72. The molecule has 7 heteroatoms. The highest BCUT2D eigenvalue weighted by Crippen LogP contribution is 2.23. The van der Waals surface area contributed by atoms with Crippen molar-refractivity contribution in [1.82, 2.24) is 0 Å². The van der Waals surface area contributed by atoms with Crippen LogP contribution in [0.1, 0.15) is 22.8 Å². The van der Waals surface area contributed by atoms with Gasteiger partial charge in [0.1, 0.15) is 11.6 Å². The van der Waals surface area contributed by atoms with E-state index in [1.807, 2.05) is 6.07 Å². The summed E-state index contributed by atoms with van der Waals surface area (Å²) in [6.45, 7) is 2.00. The van der Waals surface area contributed by atoms with Gasteiger partial charge in [-0.3, -0.25) is 4.79 Å². The Balaban J connectivity index is 2.15. The van der Waals surface area contributed by atoms with Crippen molar-refractivity contribution in [1.29, 1.82) is 5.26 Å². The highest BCUT2D eigenvalue weighted by molar-refractivity contribution is 6.35. The molecule has 0 aliphatic heterocycles. The normalized spacial score (nSPS) is 10.8. The molecule has 1 amide bonds. The van der Waals surface area contributed by atoms with Crippen molar-refractivity contribution in [2.45, 2.75) is 6.92 Å². The van der Waals surface area contributed by atoms with E-state index in [0.717, 1.165) is 0 Å². The molecule has 0 aromatic heterocycles. The Hall–Kier alpha value is -2.81. The number of nitrogens with zero attached hydrogens (tertiary/aromatic N) is 1.